The number of nitrogens with one attached hydrogen (secondary N) is 2. The number of aromatic nitrogens is 4. The van der Waals surface area contributed by atoms with Gasteiger partial charge in [0.2, 0.25) is 0 Å². The summed E-state index contributed by atoms with van der Waals surface area (Å²) in [6, 6.07) is 29.9. The molecule has 6 aromatic rings. The van der Waals surface area contributed by atoms with Crippen molar-refractivity contribution in [3.63, 3.8) is 0 Å². The van der Waals surface area contributed by atoms with E-state index < -0.39 is 0 Å². The number of hydrogen-bond donors (Lipinski definition) is 2. The first-order valence-corrected chi connectivity index (χ1v) is 23.7. The molecule has 8 rings (SSSR count). The van der Waals surface area contributed by atoms with Crippen LogP contribution in [0, 0.1) is 0 Å². The molecule has 0 spiro atoms. The lowest BCUT2D eigenvalue weighted by molar-refractivity contribution is 0.717. The Bertz CT molecular complexity index is 2830. The molecule has 0 radical (unpaired) electrons. The van der Waals surface area contributed by atoms with E-state index in [9.17, 15) is 0 Å². The van der Waals surface area contributed by atoms with E-state index in [0.717, 1.165) is 86.1 Å². The summed E-state index contributed by atoms with van der Waals surface area (Å²) in [5, 5.41) is 2.48. The van der Waals surface area contributed by atoms with Gasteiger partial charge in [-0.3, -0.25) is 0 Å². The average molecular weight is 807 g/mol. The van der Waals surface area contributed by atoms with Crippen LogP contribution < -0.4 is 0 Å². The highest BCUT2D eigenvalue weighted by Gasteiger charge is 2.29. The van der Waals surface area contributed by atoms with Gasteiger partial charge >= 0.3 is 0 Å². The van der Waals surface area contributed by atoms with Gasteiger partial charge in [0.15, 0.2) is 0 Å². The molecule has 314 valence electrons. The summed E-state index contributed by atoms with van der Waals surface area (Å²) < 4.78 is 0. The van der Waals surface area contributed by atoms with Crippen LogP contribution >= 0.6 is 0 Å². The summed E-state index contributed by atoms with van der Waals surface area (Å²) in [5.41, 5.74) is 26.2. The number of allylic oxidation sites excluding steroid dienone is 4. The Morgan fingerprint density at radius 2 is 0.984 bits per heavy atom. The lowest BCUT2D eigenvalue weighted by atomic mass is 9.89. The predicted molar refractivity (Wildman–Crippen MR) is 265 cm³/mol. The molecule has 0 aliphatic carbocycles. The van der Waals surface area contributed by atoms with E-state index in [0.29, 0.717) is 0 Å². The molecule has 61 heavy (non-hydrogen) atoms. The summed E-state index contributed by atoms with van der Waals surface area (Å²) in [7, 11) is 0. The average Bonchev–Trinajstić information content (AvgIpc) is 4.03. The Labute approximate surface area is 364 Å². The first kappa shape index (κ1) is 42.2. The highest BCUT2D eigenvalue weighted by atomic mass is 14.8. The fourth-order valence-electron chi connectivity index (χ4n) is 10.7. The topological polar surface area (TPSA) is 57.4 Å². The minimum Gasteiger partial charge on any atom is -0.354 e. The van der Waals surface area contributed by atoms with Gasteiger partial charge in [-0.1, -0.05) is 142 Å². The van der Waals surface area contributed by atoms with Crippen LogP contribution in [0.3, 0.4) is 0 Å². The van der Waals surface area contributed by atoms with Crippen LogP contribution in [0.5, 0.6) is 0 Å². The SMILES string of the molecule is CCCCCc1ccc(-c2c3nc(c(-c4cccc5ccccc45)c4[nH]c(cc5nc(cc6[nH]c2c(CC)c6CC)C(CC)=C5CC)c(CC)c4CC)C(CC)=C3CC)cc1. The maximum absolute atomic E-state index is 6.04. The number of hydrogen-bond acceptors (Lipinski definition) is 2. The zero-order valence-corrected chi connectivity index (χ0v) is 38.4. The van der Waals surface area contributed by atoms with Gasteiger partial charge in [0.25, 0.3) is 0 Å². The summed E-state index contributed by atoms with van der Waals surface area (Å²) in [4.78, 5) is 19.8. The fourth-order valence-corrected chi connectivity index (χ4v) is 10.7. The Hall–Kier alpha value is -5.48. The quantitative estimate of drug-likeness (QED) is 0.108. The number of fused-ring (bicyclic) bond motifs is 9. The van der Waals surface area contributed by atoms with Crippen LogP contribution in [0.2, 0.25) is 0 Å². The van der Waals surface area contributed by atoms with Gasteiger partial charge in [0.1, 0.15) is 0 Å². The molecule has 4 nitrogen and oxygen atoms in total. The normalized spacial score (nSPS) is 13.0. The fraction of sp³-hybridized carbons (Fsp3) is 0.368. The monoisotopic (exact) mass is 807 g/mol. The second kappa shape index (κ2) is 18.2. The van der Waals surface area contributed by atoms with Gasteiger partial charge in [-0.2, -0.15) is 0 Å². The van der Waals surface area contributed by atoms with E-state index in [1.54, 1.807) is 0 Å². The Morgan fingerprint density at radius 1 is 0.459 bits per heavy atom. The number of nitrogens with zero attached hydrogens (tertiary/aromatic N) is 2. The molecule has 4 heteroatoms. The van der Waals surface area contributed by atoms with Gasteiger partial charge in [-0.25, -0.2) is 9.97 Å². The molecule has 0 atom stereocenters. The molecule has 2 aliphatic rings. The van der Waals surface area contributed by atoms with Gasteiger partial charge < -0.3 is 9.97 Å². The third-order valence-corrected chi connectivity index (χ3v) is 13.6. The van der Waals surface area contributed by atoms with E-state index in [1.165, 1.54) is 119 Å². The number of benzene rings is 3. The van der Waals surface area contributed by atoms with Crippen molar-refractivity contribution in [3.8, 4) is 22.3 Å². The van der Waals surface area contributed by atoms with Crippen molar-refractivity contribution in [1.82, 2.24) is 19.9 Å². The van der Waals surface area contributed by atoms with E-state index in [2.05, 4.69) is 151 Å². The number of aryl methyl sites for hydroxylation is 5. The van der Waals surface area contributed by atoms with E-state index in [4.69, 9.17) is 9.97 Å². The van der Waals surface area contributed by atoms with Crippen molar-refractivity contribution in [2.24, 2.45) is 0 Å². The largest absolute Gasteiger partial charge is 0.354 e. The number of unbranched alkanes of at least 4 members (excludes halogenated alkanes) is 2. The lowest BCUT2D eigenvalue weighted by Gasteiger charge is -2.13. The molecule has 2 aliphatic heterocycles. The molecule has 8 bridgehead atoms. The van der Waals surface area contributed by atoms with Crippen LogP contribution in [-0.2, 0) is 32.1 Å². The lowest BCUT2D eigenvalue weighted by Crippen LogP contribution is -1.94. The Morgan fingerprint density at radius 3 is 1.52 bits per heavy atom. The summed E-state index contributed by atoms with van der Waals surface area (Å²) in [5.74, 6) is 0. The zero-order chi connectivity index (χ0) is 42.8. The number of H-pyrrole nitrogens is 2. The molecular formula is C57H66N4. The van der Waals surface area contributed by atoms with Crippen LogP contribution in [-0.4, -0.2) is 19.9 Å². The number of rotatable bonds is 14. The van der Waals surface area contributed by atoms with Crippen LogP contribution in [0.4, 0.5) is 0 Å². The third kappa shape index (κ3) is 7.40. The summed E-state index contributed by atoms with van der Waals surface area (Å²) in [6.45, 7) is 20.8. The smallest absolute Gasteiger partial charge is 0.0772 e. The highest BCUT2D eigenvalue weighted by Crippen LogP contribution is 2.47. The van der Waals surface area contributed by atoms with Crippen molar-refractivity contribution in [2.45, 2.75) is 139 Å². The Balaban J connectivity index is 1.67. The minimum absolute atomic E-state index is 0.884. The van der Waals surface area contributed by atoms with E-state index in [-0.39, 0.29) is 0 Å². The van der Waals surface area contributed by atoms with Gasteiger partial charge in [0, 0.05) is 22.2 Å². The van der Waals surface area contributed by atoms with Gasteiger partial charge in [-0.15, -0.1) is 0 Å². The molecule has 0 amide bonds. The second-order valence-corrected chi connectivity index (χ2v) is 16.9. The van der Waals surface area contributed by atoms with Crippen LogP contribution in [0.25, 0.3) is 77.4 Å². The van der Waals surface area contributed by atoms with Crippen molar-refractivity contribution < 1.29 is 0 Å². The molecule has 0 saturated carbocycles. The van der Waals surface area contributed by atoms with Crippen molar-refractivity contribution >= 4 is 55.1 Å². The van der Waals surface area contributed by atoms with Crippen LogP contribution in [0.1, 0.15) is 158 Å². The molecule has 3 aromatic heterocycles. The van der Waals surface area contributed by atoms with E-state index in [1.807, 2.05) is 0 Å². The highest BCUT2D eigenvalue weighted by molar-refractivity contribution is 6.09. The Kier molecular flexibility index (Phi) is 12.6. The van der Waals surface area contributed by atoms with Crippen molar-refractivity contribution in [2.75, 3.05) is 0 Å². The summed E-state index contributed by atoms with van der Waals surface area (Å²) >= 11 is 0. The van der Waals surface area contributed by atoms with Crippen LogP contribution in [0.15, 0.2) is 78.9 Å². The van der Waals surface area contributed by atoms with E-state index >= 15 is 0 Å². The standard InChI is InChI=1S/C57H66N4/c1-10-19-20-24-35-29-31-37(32-30-35)52-54-42(15-6)40(13-4)50(59-54)33-48-38(11-2)39(12-3)49(58-48)34-51-41(14-5)43(16-7)56(60-51)53(57-45(18-9)44(17-8)55(52)61-57)47-28-23-26-36-25-21-22-27-46(36)47/h21-23,25-34,59-60H,10-20,24H2,1-9H3. The molecule has 0 fully saturated rings. The molecule has 5 heterocycles. The zero-order valence-electron chi connectivity index (χ0n) is 38.4. The van der Waals surface area contributed by atoms with Gasteiger partial charge in [0.05, 0.1) is 33.8 Å². The molecule has 3 aromatic carbocycles. The van der Waals surface area contributed by atoms with Gasteiger partial charge in [-0.05, 0) is 148 Å². The third-order valence-electron chi connectivity index (χ3n) is 13.6. The molecule has 2 N–H and O–H groups in total. The van der Waals surface area contributed by atoms with Crippen molar-refractivity contribution in [3.05, 3.63) is 129 Å². The van der Waals surface area contributed by atoms with Crippen molar-refractivity contribution in [1.29, 1.82) is 0 Å². The molecule has 0 unspecified atom stereocenters. The molecule has 0 saturated heterocycles. The maximum Gasteiger partial charge on any atom is 0.0772 e. The predicted octanol–water partition coefficient (Wildman–Crippen LogP) is 16.2. The second-order valence-electron chi connectivity index (χ2n) is 16.9. The minimum atomic E-state index is 0.884. The first-order chi connectivity index (χ1) is 29.9. The molecular weight excluding hydrogens is 741 g/mol. The maximum atomic E-state index is 6.04. The first-order valence-electron chi connectivity index (χ1n) is 23.7. The summed E-state index contributed by atoms with van der Waals surface area (Å²) in [6.07, 6.45) is 12.1. The number of aromatic amines is 2.